The Morgan fingerprint density at radius 1 is 0.295 bits per heavy atom. The van der Waals surface area contributed by atoms with Crippen LogP contribution in [0.15, 0.2) is 224 Å². The zero-order chi connectivity index (χ0) is 40.3. The van der Waals surface area contributed by atoms with E-state index in [0.29, 0.717) is 5.82 Å². The number of nitrogens with zero attached hydrogens (tertiary/aromatic N) is 3. The summed E-state index contributed by atoms with van der Waals surface area (Å²) >= 11 is 0. The Labute approximate surface area is 353 Å². The molecule has 12 rings (SSSR count). The van der Waals surface area contributed by atoms with Crippen LogP contribution in [0.1, 0.15) is 0 Å². The van der Waals surface area contributed by atoms with E-state index in [1.54, 1.807) is 0 Å². The normalized spacial score (nSPS) is 11.6. The first kappa shape index (κ1) is 34.9. The third-order valence-electron chi connectivity index (χ3n) is 12.2. The Balaban J connectivity index is 1.05. The Morgan fingerprint density at radius 3 is 1.77 bits per heavy atom. The second-order valence-electron chi connectivity index (χ2n) is 15.7. The minimum atomic E-state index is 0.690. The van der Waals surface area contributed by atoms with Gasteiger partial charge in [0.15, 0.2) is 5.82 Å². The smallest absolute Gasteiger partial charge is 0.160 e. The van der Waals surface area contributed by atoms with E-state index in [-0.39, 0.29) is 0 Å². The van der Waals surface area contributed by atoms with Crippen molar-refractivity contribution in [1.29, 1.82) is 0 Å². The van der Waals surface area contributed by atoms with E-state index >= 15 is 0 Å². The van der Waals surface area contributed by atoms with Crippen LogP contribution >= 0.6 is 0 Å². The molecule has 284 valence electrons. The summed E-state index contributed by atoms with van der Waals surface area (Å²) < 4.78 is 2.38. The quantitative estimate of drug-likeness (QED) is 0.124. The number of aromatic nitrogens is 3. The lowest BCUT2D eigenvalue weighted by atomic mass is 9.89. The predicted molar refractivity (Wildman–Crippen MR) is 256 cm³/mol. The van der Waals surface area contributed by atoms with Gasteiger partial charge in [0.2, 0.25) is 0 Å². The summed E-state index contributed by atoms with van der Waals surface area (Å²) in [5.74, 6) is 0.690. The lowest BCUT2D eigenvalue weighted by Gasteiger charge is -2.16. The molecule has 2 heterocycles. The molecule has 0 bridgehead atoms. The molecule has 0 spiro atoms. The predicted octanol–water partition coefficient (Wildman–Crippen LogP) is 15.4. The van der Waals surface area contributed by atoms with Crippen LogP contribution in [0, 0.1) is 0 Å². The van der Waals surface area contributed by atoms with Gasteiger partial charge < -0.3 is 4.57 Å². The maximum absolute atomic E-state index is 5.32. The van der Waals surface area contributed by atoms with E-state index in [0.717, 1.165) is 50.5 Å². The Kier molecular flexibility index (Phi) is 8.17. The molecule has 0 aliphatic rings. The van der Waals surface area contributed by atoms with Gasteiger partial charge >= 0.3 is 0 Å². The van der Waals surface area contributed by atoms with Crippen molar-refractivity contribution in [2.45, 2.75) is 0 Å². The largest absolute Gasteiger partial charge is 0.309 e. The van der Waals surface area contributed by atoms with E-state index < -0.39 is 0 Å². The molecule has 0 unspecified atom stereocenters. The summed E-state index contributed by atoms with van der Waals surface area (Å²) in [5, 5.41) is 9.91. The lowest BCUT2D eigenvalue weighted by Crippen LogP contribution is -1.97. The van der Waals surface area contributed by atoms with E-state index in [4.69, 9.17) is 9.97 Å². The van der Waals surface area contributed by atoms with Crippen molar-refractivity contribution in [3.8, 4) is 61.8 Å². The van der Waals surface area contributed by atoms with Crippen LogP contribution < -0.4 is 0 Å². The van der Waals surface area contributed by atoms with Crippen LogP contribution in [0.2, 0.25) is 0 Å². The molecule has 12 aromatic rings. The fourth-order valence-electron chi connectivity index (χ4n) is 9.37. The molecule has 2 aromatic heterocycles. The molecule has 0 saturated carbocycles. The SMILES string of the molecule is c1ccc(-c2nc(-c3cccc(-c4c5ccccc5cc5c4ccc4ccccc45)c3)cc(-c3ccccc3-c3ccc4c5ccccc5n(-c5ccccc5)c4c3)n2)cc1. The third kappa shape index (κ3) is 5.90. The lowest BCUT2D eigenvalue weighted by molar-refractivity contribution is 1.18. The van der Waals surface area contributed by atoms with Gasteiger partial charge in [0.1, 0.15) is 0 Å². The van der Waals surface area contributed by atoms with Gasteiger partial charge in [-0.1, -0.05) is 182 Å². The molecule has 0 aliphatic heterocycles. The van der Waals surface area contributed by atoms with Gasteiger partial charge in [0.05, 0.1) is 22.4 Å². The summed E-state index contributed by atoms with van der Waals surface area (Å²) in [7, 11) is 0. The van der Waals surface area contributed by atoms with Crippen molar-refractivity contribution < 1.29 is 0 Å². The minimum Gasteiger partial charge on any atom is -0.309 e. The van der Waals surface area contributed by atoms with Crippen molar-refractivity contribution in [3.05, 3.63) is 224 Å². The summed E-state index contributed by atoms with van der Waals surface area (Å²) in [4.78, 5) is 10.6. The number of hydrogen-bond acceptors (Lipinski definition) is 2. The van der Waals surface area contributed by atoms with Gasteiger partial charge in [-0.15, -0.1) is 0 Å². The van der Waals surface area contributed by atoms with Crippen LogP contribution in [-0.2, 0) is 0 Å². The highest BCUT2D eigenvalue weighted by molar-refractivity contribution is 6.20. The average Bonchev–Trinajstić information content (AvgIpc) is 3.67. The average molecular weight is 776 g/mol. The van der Waals surface area contributed by atoms with Gasteiger partial charge in [0.25, 0.3) is 0 Å². The second kappa shape index (κ2) is 14.3. The molecule has 0 aliphatic carbocycles. The molecule has 0 atom stereocenters. The van der Waals surface area contributed by atoms with Gasteiger partial charge in [-0.2, -0.15) is 0 Å². The maximum atomic E-state index is 5.32. The van der Waals surface area contributed by atoms with Crippen molar-refractivity contribution in [2.75, 3.05) is 0 Å². The standard InChI is InChI=1S/C58H37N3/c1-3-17-39(18-4-1)58-59-53(42-20-15-21-43(34-42)57-47-26-10-8-19-40(47)35-52-45-24-9-7-16-38(45)30-33-51(52)57)37-54(60-58)48-27-12-11-25-46(48)41-31-32-50-49-28-13-14-29-55(49)61(56(50)36-41)44-22-5-2-6-23-44/h1-37H. The van der Waals surface area contributed by atoms with Gasteiger partial charge in [-0.3, -0.25) is 0 Å². The van der Waals surface area contributed by atoms with E-state index in [9.17, 15) is 0 Å². The summed E-state index contributed by atoms with van der Waals surface area (Å²) in [5.41, 5.74) is 12.9. The Morgan fingerprint density at radius 2 is 0.918 bits per heavy atom. The summed E-state index contributed by atoms with van der Waals surface area (Å²) in [6, 6.07) is 80.5. The van der Waals surface area contributed by atoms with Crippen molar-refractivity contribution in [3.63, 3.8) is 0 Å². The van der Waals surface area contributed by atoms with Gasteiger partial charge in [0, 0.05) is 33.2 Å². The zero-order valence-electron chi connectivity index (χ0n) is 33.2. The monoisotopic (exact) mass is 775 g/mol. The molecule has 0 amide bonds. The minimum absolute atomic E-state index is 0.690. The molecule has 0 radical (unpaired) electrons. The number of para-hydroxylation sites is 2. The topological polar surface area (TPSA) is 30.7 Å². The first-order valence-electron chi connectivity index (χ1n) is 20.8. The zero-order valence-corrected chi connectivity index (χ0v) is 33.2. The number of hydrogen-bond donors (Lipinski definition) is 0. The number of fused-ring (bicyclic) bond motifs is 7. The molecule has 0 N–H and O–H groups in total. The summed E-state index contributed by atoms with van der Waals surface area (Å²) in [6.07, 6.45) is 0. The Bertz CT molecular complexity index is 3640. The third-order valence-corrected chi connectivity index (χ3v) is 12.2. The van der Waals surface area contributed by atoms with Crippen molar-refractivity contribution in [2.24, 2.45) is 0 Å². The van der Waals surface area contributed by atoms with Crippen LogP contribution in [0.4, 0.5) is 0 Å². The van der Waals surface area contributed by atoms with Crippen molar-refractivity contribution >= 4 is 54.1 Å². The van der Waals surface area contributed by atoms with Crippen LogP contribution in [0.25, 0.3) is 116 Å². The summed E-state index contributed by atoms with van der Waals surface area (Å²) in [6.45, 7) is 0. The molecular formula is C58H37N3. The maximum Gasteiger partial charge on any atom is 0.160 e. The van der Waals surface area contributed by atoms with E-state index in [2.05, 4.69) is 223 Å². The van der Waals surface area contributed by atoms with Gasteiger partial charge in [-0.05, 0) is 97.0 Å². The number of rotatable bonds is 6. The molecule has 3 heteroatoms. The Hall–Kier alpha value is -8.14. The van der Waals surface area contributed by atoms with Crippen LogP contribution in [-0.4, -0.2) is 14.5 Å². The molecule has 0 saturated heterocycles. The van der Waals surface area contributed by atoms with Crippen LogP contribution in [0.5, 0.6) is 0 Å². The van der Waals surface area contributed by atoms with E-state index in [1.807, 2.05) is 6.07 Å². The highest BCUT2D eigenvalue weighted by atomic mass is 15.0. The molecule has 0 fully saturated rings. The van der Waals surface area contributed by atoms with E-state index in [1.165, 1.54) is 59.7 Å². The first-order valence-corrected chi connectivity index (χ1v) is 20.8. The molecule has 3 nitrogen and oxygen atoms in total. The highest BCUT2D eigenvalue weighted by Crippen LogP contribution is 2.42. The fourth-order valence-corrected chi connectivity index (χ4v) is 9.37. The molecule has 61 heavy (non-hydrogen) atoms. The van der Waals surface area contributed by atoms with Gasteiger partial charge in [-0.25, -0.2) is 9.97 Å². The van der Waals surface area contributed by atoms with Crippen molar-refractivity contribution in [1.82, 2.24) is 14.5 Å². The first-order chi connectivity index (χ1) is 30.2. The molecule has 10 aromatic carbocycles. The molecular weight excluding hydrogens is 739 g/mol. The highest BCUT2D eigenvalue weighted by Gasteiger charge is 2.18. The van der Waals surface area contributed by atoms with Crippen LogP contribution in [0.3, 0.4) is 0 Å². The number of benzene rings is 10. The second-order valence-corrected chi connectivity index (χ2v) is 15.7. The fraction of sp³-hybridized carbons (Fsp3) is 0.